The summed E-state index contributed by atoms with van der Waals surface area (Å²) < 4.78 is 29.7. The summed E-state index contributed by atoms with van der Waals surface area (Å²) in [6, 6.07) is 9.68. The van der Waals surface area contributed by atoms with E-state index in [-0.39, 0.29) is 18.2 Å². The van der Waals surface area contributed by atoms with E-state index in [1.54, 1.807) is 30.1 Å². The Hall–Kier alpha value is -3.35. The number of aliphatic hydroxyl groups is 1. The van der Waals surface area contributed by atoms with Crippen molar-refractivity contribution in [2.75, 3.05) is 5.01 Å². The lowest BCUT2D eigenvalue weighted by Crippen LogP contribution is -2.55. The van der Waals surface area contributed by atoms with Crippen LogP contribution in [0.3, 0.4) is 0 Å². The highest BCUT2D eigenvalue weighted by Crippen LogP contribution is 2.40. The van der Waals surface area contributed by atoms with Crippen molar-refractivity contribution in [1.29, 1.82) is 5.26 Å². The average Bonchev–Trinajstić information content (AvgIpc) is 3.34. The van der Waals surface area contributed by atoms with Crippen LogP contribution in [0.1, 0.15) is 36.6 Å². The molecule has 0 spiro atoms. The largest absolute Gasteiger partial charge is 0.381 e. The third-order valence-electron chi connectivity index (χ3n) is 5.56. The van der Waals surface area contributed by atoms with Crippen molar-refractivity contribution >= 4 is 5.69 Å². The van der Waals surface area contributed by atoms with Crippen LogP contribution in [0.4, 0.5) is 14.5 Å². The molecule has 2 N–H and O–H groups in total. The molecule has 1 aromatic heterocycles. The van der Waals surface area contributed by atoms with Crippen molar-refractivity contribution in [3.63, 3.8) is 0 Å². The van der Waals surface area contributed by atoms with Crippen LogP contribution in [-0.4, -0.2) is 25.9 Å². The number of rotatable bonds is 5. The molecule has 0 bridgehead atoms. The molecule has 1 aliphatic rings. The average molecular weight is 410 g/mol. The highest BCUT2D eigenvalue weighted by molar-refractivity contribution is 5.61. The van der Waals surface area contributed by atoms with Crippen molar-refractivity contribution in [3.8, 4) is 6.07 Å². The molecule has 154 valence electrons. The monoisotopic (exact) mass is 410 g/mol. The fraction of sp³-hybridized carbons (Fsp3) is 0.286. The first kappa shape index (κ1) is 19.9. The van der Waals surface area contributed by atoms with E-state index in [9.17, 15) is 19.1 Å². The molecule has 9 heteroatoms. The number of nitriles is 1. The maximum absolute atomic E-state index is 14.8. The Labute approximate surface area is 172 Å². The van der Waals surface area contributed by atoms with Gasteiger partial charge in [-0.2, -0.15) is 10.4 Å². The summed E-state index contributed by atoms with van der Waals surface area (Å²) in [7, 11) is 0. The number of benzene rings is 2. The highest BCUT2D eigenvalue weighted by atomic mass is 19.1. The zero-order valence-corrected chi connectivity index (χ0v) is 16.4. The van der Waals surface area contributed by atoms with E-state index in [4.69, 9.17) is 0 Å². The van der Waals surface area contributed by atoms with Crippen LogP contribution in [0.15, 0.2) is 49.1 Å². The fourth-order valence-corrected chi connectivity index (χ4v) is 3.92. The zero-order valence-electron chi connectivity index (χ0n) is 16.4. The van der Waals surface area contributed by atoms with E-state index in [0.717, 1.165) is 23.4 Å². The van der Waals surface area contributed by atoms with Gasteiger partial charge < -0.3 is 10.1 Å². The van der Waals surface area contributed by atoms with Gasteiger partial charge in [-0.1, -0.05) is 6.07 Å². The lowest BCUT2D eigenvalue weighted by Gasteiger charge is -2.40. The van der Waals surface area contributed by atoms with Gasteiger partial charge in [-0.05, 0) is 43.7 Å². The molecule has 30 heavy (non-hydrogen) atoms. The van der Waals surface area contributed by atoms with Crippen molar-refractivity contribution in [1.82, 2.24) is 20.2 Å². The van der Waals surface area contributed by atoms with E-state index in [1.165, 1.54) is 23.4 Å². The minimum absolute atomic E-state index is 0.0524. The second kappa shape index (κ2) is 7.48. The maximum atomic E-state index is 14.8. The smallest absolute Gasteiger partial charge is 0.137 e. The van der Waals surface area contributed by atoms with Crippen molar-refractivity contribution < 1.29 is 13.9 Å². The van der Waals surface area contributed by atoms with Crippen molar-refractivity contribution in [2.45, 2.75) is 38.1 Å². The Morgan fingerprint density at radius 1 is 1.30 bits per heavy atom. The molecular weight excluding hydrogens is 390 g/mol. The number of aromatic nitrogens is 3. The molecule has 0 amide bonds. The van der Waals surface area contributed by atoms with Crippen LogP contribution in [-0.2, 0) is 12.1 Å². The van der Waals surface area contributed by atoms with Crippen LogP contribution in [0, 0.1) is 23.0 Å². The van der Waals surface area contributed by atoms with Gasteiger partial charge >= 0.3 is 0 Å². The lowest BCUT2D eigenvalue weighted by molar-refractivity contribution is -0.0136. The number of hydrogen-bond donors (Lipinski definition) is 2. The Kier molecular flexibility index (Phi) is 4.97. The molecule has 4 rings (SSSR count). The van der Waals surface area contributed by atoms with E-state index in [2.05, 4.69) is 21.6 Å². The van der Waals surface area contributed by atoms with Gasteiger partial charge in [-0.3, -0.25) is 0 Å². The standard InChI is InChI=1S/C21H20F2N6O/c1-13-17-7-15(9-24)3-6-20(17)29(27-13)14(2)21(30,10-28-12-25-11-26-28)18-5-4-16(22)8-19(18)23/h3-8,11-14,27,30H,10H2,1-2H3/t13-,14-,21?/m1/s1. The van der Waals surface area contributed by atoms with Gasteiger partial charge in [0.25, 0.3) is 0 Å². The molecule has 0 radical (unpaired) electrons. The molecule has 1 aliphatic heterocycles. The number of nitrogens with one attached hydrogen (secondary N) is 1. The molecule has 2 aromatic carbocycles. The molecule has 3 aromatic rings. The van der Waals surface area contributed by atoms with Crippen LogP contribution in [0.5, 0.6) is 0 Å². The zero-order chi connectivity index (χ0) is 21.5. The SMILES string of the molecule is C[C@H]1NN([C@H](C)C(O)(Cn2cncn2)c2ccc(F)cc2F)c2ccc(C#N)cc21. The minimum Gasteiger partial charge on any atom is -0.381 e. The summed E-state index contributed by atoms with van der Waals surface area (Å²) in [6.45, 7) is 3.57. The quantitative estimate of drug-likeness (QED) is 0.672. The molecule has 2 heterocycles. The Balaban J connectivity index is 1.79. The molecule has 0 saturated heterocycles. The minimum atomic E-state index is -1.78. The predicted octanol–water partition coefficient (Wildman–Crippen LogP) is 2.79. The first-order valence-electron chi connectivity index (χ1n) is 9.43. The summed E-state index contributed by atoms with van der Waals surface area (Å²) in [6.07, 6.45) is 2.74. The van der Waals surface area contributed by atoms with Gasteiger partial charge in [-0.25, -0.2) is 23.9 Å². The van der Waals surface area contributed by atoms with Crippen LogP contribution < -0.4 is 10.4 Å². The summed E-state index contributed by atoms with van der Waals surface area (Å²) >= 11 is 0. The third-order valence-corrected chi connectivity index (χ3v) is 5.56. The molecule has 1 unspecified atom stereocenters. The fourth-order valence-electron chi connectivity index (χ4n) is 3.92. The van der Waals surface area contributed by atoms with Crippen LogP contribution in [0.2, 0.25) is 0 Å². The van der Waals surface area contributed by atoms with Gasteiger partial charge in [0.2, 0.25) is 0 Å². The van der Waals surface area contributed by atoms with E-state index >= 15 is 0 Å². The van der Waals surface area contributed by atoms with Crippen LogP contribution >= 0.6 is 0 Å². The molecule has 0 aliphatic carbocycles. The summed E-state index contributed by atoms with van der Waals surface area (Å²) in [5.41, 5.74) is 3.63. The molecule has 0 fully saturated rings. The highest BCUT2D eigenvalue weighted by Gasteiger charge is 2.44. The van der Waals surface area contributed by atoms with E-state index in [1.807, 2.05) is 6.92 Å². The predicted molar refractivity (Wildman–Crippen MR) is 105 cm³/mol. The molecule has 3 atom stereocenters. The van der Waals surface area contributed by atoms with Gasteiger partial charge in [-0.15, -0.1) is 0 Å². The van der Waals surface area contributed by atoms with Gasteiger partial charge in [0, 0.05) is 11.6 Å². The second-order valence-corrected chi connectivity index (χ2v) is 7.42. The molecule has 0 saturated carbocycles. The van der Waals surface area contributed by atoms with Gasteiger partial charge in [0.15, 0.2) is 0 Å². The second-order valence-electron chi connectivity index (χ2n) is 7.42. The number of fused-ring (bicyclic) bond motifs is 1. The Morgan fingerprint density at radius 2 is 2.10 bits per heavy atom. The summed E-state index contributed by atoms with van der Waals surface area (Å²) in [5.74, 6) is -1.58. The number of hydrogen-bond acceptors (Lipinski definition) is 6. The lowest BCUT2D eigenvalue weighted by atomic mass is 9.85. The van der Waals surface area contributed by atoms with E-state index < -0.39 is 23.3 Å². The normalized spacial score (nSPS) is 18.5. The summed E-state index contributed by atoms with van der Waals surface area (Å²) in [4.78, 5) is 3.89. The first-order valence-corrected chi connectivity index (χ1v) is 9.43. The number of anilines is 1. The summed E-state index contributed by atoms with van der Waals surface area (Å²) in [5, 5.41) is 26.8. The number of nitrogens with zero attached hydrogens (tertiary/aromatic N) is 5. The van der Waals surface area contributed by atoms with Crippen molar-refractivity contribution in [3.05, 3.63) is 77.4 Å². The first-order chi connectivity index (χ1) is 14.3. The number of hydrazine groups is 1. The molecule has 7 nitrogen and oxygen atoms in total. The maximum Gasteiger partial charge on any atom is 0.137 e. The van der Waals surface area contributed by atoms with Gasteiger partial charge in [0.1, 0.15) is 29.9 Å². The third kappa shape index (κ3) is 3.30. The molecular formula is C21H20F2N6O. The Bertz CT molecular complexity index is 1110. The van der Waals surface area contributed by atoms with Crippen molar-refractivity contribution in [2.24, 2.45) is 0 Å². The van der Waals surface area contributed by atoms with Crippen LogP contribution in [0.25, 0.3) is 0 Å². The topological polar surface area (TPSA) is 90.0 Å². The van der Waals surface area contributed by atoms with Gasteiger partial charge in [0.05, 0.1) is 35.9 Å². The Morgan fingerprint density at radius 3 is 2.77 bits per heavy atom. The number of halogens is 2. The van der Waals surface area contributed by atoms with E-state index in [0.29, 0.717) is 5.56 Å².